The lowest BCUT2D eigenvalue weighted by molar-refractivity contribution is 0.0995. The van der Waals surface area contributed by atoms with E-state index in [1.54, 1.807) is 41.3 Å². The predicted octanol–water partition coefficient (Wildman–Crippen LogP) is 2.62. The standard InChI is InChI=1S/C18H15N3O2/c1-23-17-10-6-5-9-16(17)18(22)20-14-11-12-21(19-13-14)15-7-3-2-4-8-15/h2-13H,1H3. The van der Waals surface area contributed by atoms with Gasteiger partial charge in [0, 0.05) is 6.20 Å². The minimum Gasteiger partial charge on any atom is -0.496 e. The number of aromatic nitrogens is 2. The molecule has 3 rings (SSSR count). The van der Waals surface area contributed by atoms with Gasteiger partial charge in [0.15, 0.2) is 0 Å². The molecule has 0 fully saturated rings. The third-order valence-corrected chi connectivity index (χ3v) is 3.29. The van der Waals surface area contributed by atoms with Crippen LogP contribution in [-0.4, -0.2) is 22.8 Å². The lowest BCUT2D eigenvalue weighted by Gasteiger charge is -2.04. The maximum Gasteiger partial charge on any atom is 0.281 e. The summed E-state index contributed by atoms with van der Waals surface area (Å²) in [6, 6.07) is 18.5. The molecule has 0 radical (unpaired) electrons. The molecule has 1 amide bonds. The second-order valence-corrected chi connectivity index (χ2v) is 4.78. The Kier molecular flexibility index (Phi) is 4.29. The van der Waals surface area contributed by atoms with E-state index in [1.165, 1.54) is 7.11 Å². The van der Waals surface area contributed by atoms with Crippen molar-refractivity contribution in [2.75, 3.05) is 7.11 Å². The van der Waals surface area contributed by atoms with Crippen LogP contribution in [0.25, 0.3) is 5.69 Å². The summed E-state index contributed by atoms with van der Waals surface area (Å²) in [4.78, 5) is 16.3. The van der Waals surface area contributed by atoms with Crippen LogP contribution in [0.5, 0.6) is 5.75 Å². The van der Waals surface area contributed by atoms with Crippen molar-refractivity contribution in [1.82, 2.24) is 9.78 Å². The fourth-order valence-corrected chi connectivity index (χ4v) is 2.15. The van der Waals surface area contributed by atoms with E-state index in [9.17, 15) is 4.79 Å². The molecule has 0 saturated heterocycles. The normalized spacial score (nSPS) is 11.3. The quantitative estimate of drug-likeness (QED) is 0.747. The largest absolute Gasteiger partial charge is 0.496 e. The van der Waals surface area contributed by atoms with Crippen molar-refractivity contribution in [3.63, 3.8) is 0 Å². The number of amides is 1. The number of methoxy groups -OCH3 is 1. The van der Waals surface area contributed by atoms with Crippen molar-refractivity contribution >= 4 is 5.91 Å². The number of para-hydroxylation sites is 2. The van der Waals surface area contributed by atoms with Crippen LogP contribution < -0.4 is 10.1 Å². The first kappa shape index (κ1) is 14.7. The van der Waals surface area contributed by atoms with Gasteiger partial charge in [-0.2, -0.15) is 5.10 Å². The number of carbonyl (C=O) groups excluding carboxylic acids is 1. The van der Waals surface area contributed by atoms with Crippen LogP contribution in [0.2, 0.25) is 0 Å². The molecule has 0 unspecified atom stereocenters. The summed E-state index contributed by atoms with van der Waals surface area (Å²) >= 11 is 0. The van der Waals surface area contributed by atoms with Crippen LogP contribution in [0.1, 0.15) is 10.4 Å². The zero-order chi connectivity index (χ0) is 16.1. The number of rotatable bonds is 3. The maximum atomic E-state index is 12.3. The van der Waals surface area contributed by atoms with Crippen LogP contribution in [-0.2, 0) is 0 Å². The molecule has 5 nitrogen and oxygen atoms in total. The van der Waals surface area contributed by atoms with E-state index in [0.29, 0.717) is 16.7 Å². The van der Waals surface area contributed by atoms with E-state index in [1.807, 2.05) is 36.4 Å². The fraction of sp³-hybridized carbons (Fsp3) is 0.0556. The lowest BCUT2D eigenvalue weighted by atomic mass is 10.2. The van der Waals surface area contributed by atoms with Gasteiger partial charge in [-0.3, -0.25) is 4.79 Å². The average Bonchev–Trinajstić information content (AvgIpc) is 2.63. The minimum atomic E-state index is -0.360. The monoisotopic (exact) mass is 305 g/mol. The molecule has 0 atom stereocenters. The molecule has 1 heterocycles. The zero-order valence-corrected chi connectivity index (χ0v) is 12.6. The number of benzene rings is 2. The van der Waals surface area contributed by atoms with Gasteiger partial charge in [-0.1, -0.05) is 30.3 Å². The molecular formula is C18H15N3O2. The lowest BCUT2D eigenvalue weighted by Crippen LogP contribution is -2.11. The second-order valence-electron chi connectivity index (χ2n) is 4.78. The van der Waals surface area contributed by atoms with Gasteiger partial charge < -0.3 is 4.74 Å². The highest BCUT2D eigenvalue weighted by molar-refractivity contribution is 5.97. The summed E-state index contributed by atoms with van der Waals surface area (Å²) in [7, 11) is 1.53. The molecule has 3 aromatic rings. The molecule has 0 aliphatic heterocycles. The summed E-state index contributed by atoms with van der Waals surface area (Å²) in [6.07, 6.45) is 3.32. The fourth-order valence-electron chi connectivity index (χ4n) is 2.15. The van der Waals surface area contributed by atoms with Crippen LogP contribution in [0.4, 0.5) is 0 Å². The van der Waals surface area contributed by atoms with Crippen LogP contribution >= 0.6 is 0 Å². The number of nitrogens with zero attached hydrogens (tertiary/aromatic N) is 3. The van der Waals surface area contributed by atoms with E-state index in [0.717, 1.165) is 5.69 Å². The van der Waals surface area contributed by atoms with Crippen molar-refractivity contribution in [3.05, 3.63) is 84.0 Å². The van der Waals surface area contributed by atoms with Crippen LogP contribution in [0, 0.1) is 0 Å². The van der Waals surface area contributed by atoms with E-state index in [2.05, 4.69) is 10.1 Å². The molecule has 0 bridgehead atoms. The van der Waals surface area contributed by atoms with Crippen molar-refractivity contribution < 1.29 is 9.53 Å². The minimum absolute atomic E-state index is 0.360. The van der Waals surface area contributed by atoms with E-state index in [4.69, 9.17) is 4.74 Å². The van der Waals surface area contributed by atoms with E-state index in [-0.39, 0.29) is 5.91 Å². The van der Waals surface area contributed by atoms with Crippen LogP contribution in [0.3, 0.4) is 0 Å². The van der Waals surface area contributed by atoms with Gasteiger partial charge in [0.2, 0.25) is 0 Å². The zero-order valence-electron chi connectivity index (χ0n) is 12.6. The highest BCUT2D eigenvalue weighted by Gasteiger charge is 2.09. The smallest absolute Gasteiger partial charge is 0.281 e. The predicted molar refractivity (Wildman–Crippen MR) is 86.5 cm³/mol. The third-order valence-electron chi connectivity index (χ3n) is 3.29. The molecule has 23 heavy (non-hydrogen) atoms. The van der Waals surface area contributed by atoms with Crippen molar-refractivity contribution in [2.24, 2.45) is 4.99 Å². The highest BCUT2D eigenvalue weighted by Crippen LogP contribution is 2.17. The van der Waals surface area contributed by atoms with Gasteiger partial charge in [-0.05, 0) is 30.3 Å². The summed E-state index contributed by atoms with van der Waals surface area (Å²) < 4.78 is 6.90. The first-order valence-corrected chi connectivity index (χ1v) is 7.10. The summed E-state index contributed by atoms with van der Waals surface area (Å²) in [5.41, 5.74) is 1.37. The Balaban J connectivity index is 1.90. The third kappa shape index (κ3) is 3.35. The van der Waals surface area contributed by atoms with Gasteiger partial charge >= 0.3 is 0 Å². The summed E-state index contributed by atoms with van der Waals surface area (Å²) in [5, 5.41) is 4.77. The van der Waals surface area contributed by atoms with Crippen molar-refractivity contribution in [3.8, 4) is 11.4 Å². The van der Waals surface area contributed by atoms with Crippen LogP contribution in [0.15, 0.2) is 78.0 Å². The van der Waals surface area contributed by atoms with Gasteiger partial charge in [-0.15, -0.1) is 0 Å². The van der Waals surface area contributed by atoms with Crippen molar-refractivity contribution in [1.29, 1.82) is 0 Å². The van der Waals surface area contributed by atoms with Gasteiger partial charge in [0.25, 0.3) is 5.91 Å². The van der Waals surface area contributed by atoms with Gasteiger partial charge in [0.05, 0.1) is 29.9 Å². The van der Waals surface area contributed by atoms with E-state index < -0.39 is 0 Å². The molecule has 114 valence electrons. The molecule has 0 spiro atoms. The van der Waals surface area contributed by atoms with Crippen molar-refractivity contribution in [2.45, 2.75) is 0 Å². The molecule has 0 aliphatic carbocycles. The van der Waals surface area contributed by atoms with E-state index >= 15 is 0 Å². The Labute approximate surface area is 133 Å². The molecule has 0 N–H and O–H groups in total. The summed E-state index contributed by atoms with van der Waals surface area (Å²) in [5.74, 6) is 0.145. The Bertz CT molecular complexity index is 866. The second kappa shape index (κ2) is 6.70. The average molecular weight is 305 g/mol. The Morgan fingerprint density at radius 1 is 1.04 bits per heavy atom. The Morgan fingerprint density at radius 3 is 2.48 bits per heavy atom. The highest BCUT2D eigenvalue weighted by atomic mass is 16.5. The summed E-state index contributed by atoms with van der Waals surface area (Å²) in [6.45, 7) is 0. The molecule has 0 saturated carbocycles. The molecular weight excluding hydrogens is 290 g/mol. The Hall–Kier alpha value is -3.21. The maximum absolute atomic E-state index is 12.3. The Morgan fingerprint density at radius 2 is 1.78 bits per heavy atom. The topological polar surface area (TPSA) is 56.5 Å². The van der Waals surface area contributed by atoms with Gasteiger partial charge in [-0.25, -0.2) is 9.67 Å². The number of ether oxygens (including phenoxy) is 1. The molecule has 5 heteroatoms. The first-order valence-electron chi connectivity index (χ1n) is 7.10. The number of carbonyl (C=O) groups is 1. The molecule has 0 aliphatic rings. The van der Waals surface area contributed by atoms with Gasteiger partial charge in [0.1, 0.15) is 5.75 Å². The number of hydrogen-bond acceptors (Lipinski definition) is 3. The SMILES string of the molecule is COc1ccccc1C(=O)N=c1ccn(-c2ccccc2)nc1. The number of hydrogen-bond donors (Lipinski definition) is 0. The first-order chi connectivity index (χ1) is 11.3. The molecule has 2 aromatic carbocycles. The molecule has 1 aromatic heterocycles.